The van der Waals surface area contributed by atoms with Gasteiger partial charge in [0.25, 0.3) is 0 Å². The maximum atomic E-state index is 10.8. The normalized spacial score (nSPS) is 10.2. The molecule has 5 heteroatoms. The Morgan fingerprint density at radius 2 is 2.24 bits per heavy atom. The van der Waals surface area contributed by atoms with E-state index in [4.69, 9.17) is 10.5 Å². The third kappa shape index (κ3) is 2.44. The Labute approximate surface area is 98.8 Å². The molecule has 1 heterocycles. The Morgan fingerprint density at radius 1 is 1.47 bits per heavy atom. The Kier molecular flexibility index (Phi) is 3.09. The lowest BCUT2D eigenvalue weighted by atomic mass is 10.2. The first kappa shape index (κ1) is 11.2. The first-order valence-corrected chi connectivity index (χ1v) is 5.18. The minimum absolute atomic E-state index is 0.184. The summed E-state index contributed by atoms with van der Waals surface area (Å²) in [5.41, 5.74) is 8.13. The Bertz CT molecular complexity index is 534. The molecular weight excluding hydrogens is 218 g/mol. The van der Waals surface area contributed by atoms with Gasteiger partial charge >= 0.3 is 5.97 Å². The number of rotatable bonds is 3. The van der Waals surface area contributed by atoms with E-state index in [9.17, 15) is 4.79 Å². The van der Waals surface area contributed by atoms with Crippen LogP contribution in [0.2, 0.25) is 0 Å². The fraction of sp³-hybridized carbons (Fsp3) is 0.167. The maximum Gasteiger partial charge on any atom is 0.303 e. The number of benzene rings is 1. The van der Waals surface area contributed by atoms with Crippen molar-refractivity contribution in [2.75, 3.05) is 5.73 Å². The van der Waals surface area contributed by atoms with E-state index in [-0.39, 0.29) is 12.6 Å². The van der Waals surface area contributed by atoms with Gasteiger partial charge in [-0.2, -0.15) is 0 Å². The van der Waals surface area contributed by atoms with Crippen molar-refractivity contribution in [1.82, 2.24) is 9.55 Å². The number of hydrogen-bond acceptors (Lipinski definition) is 4. The summed E-state index contributed by atoms with van der Waals surface area (Å²) in [6.07, 6.45) is 3.29. The van der Waals surface area contributed by atoms with E-state index in [0.717, 1.165) is 11.4 Å². The van der Waals surface area contributed by atoms with E-state index in [0.29, 0.717) is 5.69 Å². The van der Waals surface area contributed by atoms with Gasteiger partial charge in [0.15, 0.2) is 0 Å². The molecule has 0 aliphatic carbocycles. The number of anilines is 1. The predicted octanol–water partition coefficient (Wildman–Crippen LogP) is 1.52. The molecule has 0 bridgehead atoms. The molecule has 0 spiro atoms. The molecule has 0 aliphatic rings. The average Bonchev–Trinajstić information content (AvgIpc) is 2.75. The quantitative estimate of drug-likeness (QED) is 0.642. The number of carbonyl (C=O) groups excluding carboxylic acids is 1. The number of imidazole rings is 1. The lowest BCUT2D eigenvalue weighted by Crippen LogP contribution is -2.06. The summed E-state index contributed by atoms with van der Waals surface area (Å²) >= 11 is 0. The molecule has 0 unspecified atom stereocenters. The van der Waals surface area contributed by atoms with Gasteiger partial charge in [0.2, 0.25) is 0 Å². The van der Waals surface area contributed by atoms with Crippen LogP contribution < -0.4 is 5.73 Å². The molecule has 2 aromatic rings. The molecule has 1 aromatic heterocycles. The SMILES string of the molecule is CC(=O)OCc1cncn1-c1ccccc1N. The van der Waals surface area contributed by atoms with Crippen molar-refractivity contribution in [3.8, 4) is 5.69 Å². The molecule has 0 aliphatic heterocycles. The van der Waals surface area contributed by atoms with Crippen molar-refractivity contribution >= 4 is 11.7 Å². The lowest BCUT2D eigenvalue weighted by Gasteiger charge is -2.10. The highest BCUT2D eigenvalue weighted by atomic mass is 16.5. The van der Waals surface area contributed by atoms with Crippen LogP contribution in [0.15, 0.2) is 36.8 Å². The number of esters is 1. The molecule has 0 radical (unpaired) electrons. The third-order valence-corrected chi connectivity index (χ3v) is 2.33. The second-order valence-corrected chi connectivity index (χ2v) is 3.59. The number of nitrogens with zero attached hydrogens (tertiary/aromatic N) is 2. The van der Waals surface area contributed by atoms with Crippen LogP contribution in [0, 0.1) is 0 Å². The molecule has 0 fully saturated rings. The smallest absolute Gasteiger partial charge is 0.303 e. The molecule has 0 saturated heterocycles. The number of nitrogen functional groups attached to an aromatic ring is 1. The van der Waals surface area contributed by atoms with Crippen LogP contribution in [-0.2, 0) is 16.1 Å². The van der Waals surface area contributed by atoms with Crippen LogP contribution in [0.4, 0.5) is 5.69 Å². The van der Waals surface area contributed by atoms with Crippen molar-refractivity contribution in [2.45, 2.75) is 13.5 Å². The van der Waals surface area contributed by atoms with Gasteiger partial charge in [-0.05, 0) is 12.1 Å². The average molecular weight is 231 g/mol. The minimum Gasteiger partial charge on any atom is -0.459 e. The van der Waals surface area contributed by atoms with E-state index < -0.39 is 0 Å². The van der Waals surface area contributed by atoms with Crippen LogP contribution in [0.3, 0.4) is 0 Å². The summed E-state index contributed by atoms with van der Waals surface area (Å²) in [6.45, 7) is 1.56. The Hall–Kier alpha value is -2.30. The van der Waals surface area contributed by atoms with Gasteiger partial charge in [-0.1, -0.05) is 12.1 Å². The highest BCUT2D eigenvalue weighted by Crippen LogP contribution is 2.18. The topological polar surface area (TPSA) is 70.1 Å². The largest absolute Gasteiger partial charge is 0.459 e. The van der Waals surface area contributed by atoms with E-state index in [1.807, 2.05) is 24.3 Å². The van der Waals surface area contributed by atoms with Gasteiger partial charge in [-0.15, -0.1) is 0 Å². The van der Waals surface area contributed by atoms with Gasteiger partial charge in [0.1, 0.15) is 6.61 Å². The van der Waals surface area contributed by atoms with Gasteiger partial charge in [-0.25, -0.2) is 4.98 Å². The molecule has 1 aromatic carbocycles. The molecule has 0 saturated carbocycles. The summed E-state index contributed by atoms with van der Waals surface area (Å²) in [5.74, 6) is -0.321. The fourth-order valence-corrected chi connectivity index (χ4v) is 1.53. The zero-order chi connectivity index (χ0) is 12.3. The van der Waals surface area contributed by atoms with Crippen molar-refractivity contribution in [2.24, 2.45) is 0 Å². The molecule has 0 amide bonds. The van der Waals surface area contributed by atoms with E-state index >= 15 is 0 Å². The first-order chi connectivity index (χ1) is 8.18. The number of ether oxygens (including phenoxy) is 1. The van der Waals surface area contributed by atoms with Crippen molar-refractivity contribution < 1.29 is 9.53 Å². The van der Waals surface area contributed by atoms with Crippen LogP contribution in [0.1, 0.15) is 12.6 Å². The molecule has 88 valence electrons. The number of para-hydroxylation sites is 2. The van der Waals surface area contributed by atoms with Crippen LogP contribution >= 0.6 is 0 Å². The number of aromatic nitrogens is 2. The Balaban J connectivity index is 2.31. The number of hydrogen-bond donors (Lipinski definition) is 1. The molecule has 5 nitrogen and oxygen atoms in total. The lowest BCUT2D eigenvalue weighted by molar-refractivity contribution is -0.142. The van der Waals surface area contributed by atoms with Gasteiger partial charge in [-0.3, -0.25) is 9.36 Å². The number of carbonyl (C=O) groups is 1. The summed E-state index contributed by atoms with van der Waals surface area (Å²) in [4.78, 5) is 14.8. The van der Waals surface area contributed by atoms with Crippen LogP contribution in [0.5, 0.6) is 0 Å². The van der Waals surface area contributed by atoms with Gasteiger partial charge in [0.05, 0.1) is 29.6 Å². The van der Waals surface area contributed by atoms with Crippen LogP contribution in [0.25, 0.3) is 5.69 Å². The monoisotopic (exact) mass is 231 g/mol. The van der Waals surface area contributed by atoms with Crippen molar-refractivity contribution in [3.63, 3.8) is 0 Å². The van der Waals surface area contributed by atoms with Crippen molar-refractivity contribution in [1.29, 1.82) is 0 Å². The second-order valence-electron chi connectivity index (χ2n) is 3.59. The van der Waals surface area contributed by atoms with Crippen molar-refractivity contribution in [3.05, 3.63) is 42.5 Å². The highest BCUT2D eigenvalue weighted by molar-refractivity contribution is 5.66. The number of nitrogens with two attached hydrogens (primary N) is 1. The van der Waals surface area contributed by atoms with E-state index in [1.165, 1.54) is 6.92 Å². The molecule has 17 heavy (non-hydrogen) atoms. The predicted molar refractivity (Wildman–Crippen MR) is 63.4 cm³/mol. The van der Waals surface area contributed by atoms with Crippen LogP contribution in [-0.4, -0.2) is 15.5 Å². The summed E-state index contributed by atoms with van der Waals surface area (Å²) in [6, 6.07) is 7.45. The zero-order valence-electron chi connectivity index (χ0n) is 9.46. The first-order valence-electron chi connectivity index (χ1n) is 5.18. The molecule has 2 rings (SSSR count). The molecule has 2 N–H and O–H groups in total. The summed E-state index contributed by atoms with van der Waals surface area (Å²) in [7, 11) is 0. The van der Waals surface area contributed by atoms with Gasteiger partial charge in [0, 0.05) is 6.92 Å². The summed E-state index contributed by atoms with van der Waals surface area (Å²) < 4.78 is 6.75. The maximum absolute atomic E-state index is 10.8. The minimum atomic E-state index is -0.321. The highest BCUT2D eigenvalue weighted by Gasteiger charge is 2.07. The zero-order valence-corrected chi connectivity index (χ0v) is 9.46. The second kappa shape index (κ2) is 4.69. The van der Waals surface area contributed by atoms with Gasteiger partial charge < -0.3 is 10.5 Å². The Morgan fingerprint density at radius 3 is 2.94 bits per heavy atom. The molecule has 0 atom stereocenters. The third-order valence-electron chi connectivity index (χ3n) is 2.33. The van der Waals surface area contributed by atoms with E-state index in [2.05, 4.69) is 4.98 Å². The fourth-order valence-electron chi connectivity index (χ4n) is 1.53. The summed E-state index contributed by atoms with van der Waals surface area (Å²) in [5, 5.41) is 0. The molecular formula is C12H13N3O2. The standard InChI is InChI=1S/C12H13N3O2/c1-9(16)17-7-10-6-14-8-15(10)12-5-3-2-4-11(12)13/h2-6,8H,7,13H2,1H3. The van der Waals surface area contributed by atoms with E-state index in [1.54, 1.807) is 17.1 Å².